The zero-order valence-corrected chi connectivity index (χ0v) is 14.8. The number of benzene rings is 2. The van der Waals surface area contributed by atoms with Crippen molar-refractivity contribution in [1.82, 2.24) is 4.98 Å². The van der Waals surface area contributed by atoms with E-state index < -0.39 is 12.0 Å². The maximum atomic E-state index is 10.9. The lowest BCUT2D eigenvalue weighted by Gasteiger charge is -2.12. The molecule has 0 aliphatic rings. The number of hydrogen-bond acceptors (Lipinski definition) is 6. The Kier molecular flexibility index (Phi) is 5.50. The van der Waals surface area contributed by atoms with Gasteiger partial charge < -0.3 is 21.3 Å². The highest BCUT2D eigenvalue weighted by Gasteiger charge is 2.14. The first-order valence-electron chi connectivity index (χ1n) is 8.02. The lowest BCUT2D eigenvalue weighted by atomic mass is 10.0. The maximum Gasteiger partial charge on any atom is 0.320 e. The normalized spacial score (nSPS) is 11.9. The van der Waals surface area contributed by atoms with E-state index >= 15 is 0 Å². The molecule has 1 unspecified atom stereocenters. The van der Waals surface area contributed by atoms with Gasteiger partial charge in [0.2, 0.25) is 0 Å². The topological polar surface area (TPSA) is 111 Å². The van der Waals surface area contributed by atoms with Crippen LogP contribution in [-0.4, -0.2) is 22.1 Å². The summed E-state index contributed by atoms with van der Waals surface area (Å²) in [5.41, 5.74) is 15.7. The molecule has 3 aromatic rings. The molecule has 134 valence electrons. The quantitative estimate of drug-likeness (QED) is 0.552. The van der Waals surface area contributed by atoms with Crippen LogP contribution in [0.15, 0.2) is 54.2 Å². The van der Waals surface area contributed by atoms with Gasteiger partial charge in [-0.05, 0) is 29.3 Å². The second-order valence-electron chi connectivity index (χ2n) is 5.90. The Morgan fingerprint density at radius 3 is 2.54 bits per heavy atom. The van der Waals surface area contributed by atoms with Crippen molar-refractivity contribution in [2.75, 3.05) is 5.73 Å². The van der Waals surface area contributed by atoms with Crippen LogP contribution in [0.3, 0.4) is 0 Å². The fraction of sp³-hybridized carbons (Fsp3) is 0.158. The fourth-order valence-electron chi connectivity index (χ4n) is 2.49. The van der Waals surface area contributed by atoms with Gasteiger partial charge in [0, 0.05) is 35.7 Å². The van der Waals surface area contributed by atoms with Crippen molar-refractivity contribution in [3.05, 3.63) is 70.2 Å². The van der Waals surface area contributed by atoms with Gasteiger partial charge in [0.1, 0.15) is 17.5 Å². The monoisotopic (exact) mass is 369 g/mol. The molecule has 0 fully saturated rings. The summed E-state index contributed by atoms with van der Waals surface area (Å²) in [6.07, 6.45) is 2.89. The van der Waals surface area contributed by atoms with Gasteiger partial charge in [0.25, 0.3) is 0 Å². The predicted octanol–water partition coefficient (Wildman–Crippen LogP) is 3.06. The van der Waals surface area contributed by atoms with Gasteiger partial charge in [0.05, 0.1) is 5.51 Å². The van der Waals surface area contributed by atoms with Crippen LogP contribution in [0.2, 0.25) is 0 Å². The van der Waals surface area contributed by atoms with Gasteiger partial charge in [-0.1, -0.05) is 18.2 Å². The number of thiazole rings is 1. The Hall–Kier alpha value is -2.90. The van der Waals surface area contributed by atoms with Crippen molar-refractivity contribution in [1.29, 1.82) is 0 Å². The number of carboxylic acid groups (broad SMARTS) is 1. The molecule has 0 aliphatic carbocycles. The third kappa shape index (κ3) is 4.59. The van der Waals surface area contributed by atoms with Crippen molar-refractivity contribution >= 4 is 23.0 Å². The van der Waals surface area contributed by atoms with E-state index in [4.69, 9.17) is 21.3 Å². The van der Waals surface area contributed by atoms with E-state index in [-0.39, 0.29) is 6.42 Å². The molecule has 5 N–H and O–H groups in total. The van der Waals surface area contributed by atoms with Crippen molar-refractivity contribution in [3.8, 4) is 11.5 Å². The highest BCUT2D eigenvalue weighted by molar-refractivity contribution is 7.09. The van der Waals surface area contributed by atoms with Gasteiger partial charge in [-0.3, -0.25) is 9.78 Å². The Balaban J connectivity index is 1.65. The van der Waals surface area contributed by atoms with Gasteiger partial charge in [-0.15, -0.1) is 11.3 Å². The van der Waals surface area contributed by atoms with Gasteiger partial charge >= 0.3 is 5.97 Å². The van der Waals surface area contributed by atoms with Crippen LogP contribution in [0.5, 0.6) is 11.5 Å². The molecule has 0 spiro atoms. The number of hydrogen-bond donors (Lipinski definition) is 3. The molecule has 1 heterocycles. The van der Waals surface area contributed by atoms with E-state index in [1.165, 1.54) is 10.4 Å². The number of nitrogens with two attached hydrogens (primary N) is 2. The Morgan fingerprint density at radius 2 is 1.92 bits per heavy atom. The van der Waals surface area contributed by atoms with E-state index in [1.807, 2.05) is 36.0 Å². The first-order valence-corrected chi connectivity index (χ1v) is 8.90. The number of anilines is 1. The second-order valence-corrected chi connectivity index (χ2v) is 6.87. The molecule has 7 heteroatoms. The first-order chi connectivity index (χ1) is 12.5. The van der Waals surface area contributed by atoms with E-state index in [2.05, 4.69) is 4.98 Å². The molecule has 0 bridgehead atoms. The molecule has 6 nitrogen and oxygen atoms in total. The van der Waals surface area contributed by atoms with Crippen LogP contribution in [0.4, 0.5) is 5.69 Å². The largest absolute Gasteiger partial charge is 0.480 e. The molecule has 0 amide bonds. The molecule has 0 saturated heterocycles. The third-order valence-corrected chi connectivity index (χ3v) is 4.67. The molecule has 1 aromatic heterocycles. The third-order valence-electron chi connectivity index (χ3n) is 3.90. The van der Waals surface area contributed by atoms with Crippen molar-refractivity contribution in [2.45, 2.75) is 18.9 Å². The fourth-order valence-corrected chi connectivity index (χ4v) is 3.12. The second kappa shape index (κ2) is 7.99. The number of rotatable bonds is 7. The highest BCUT2D eigenvalue weighted by atomic mass is 32.1. The standard InChI is InChI=1S/C19H19N3O3S/c20-17-9-15(6-3-13(17)8-18(21)19(23)24)25-14-4-1-12(2-5-14)7-16-10-22-11-26-16/h1-6,9-11,18H,7-8,20-21H2,(H,23,24). The van der Waals surface area contributed by atoms with Crippen LogP contribution in [0, 0.1) is 0 Å². The van der Waals surface area contributed by atoms with Crippen LogP contribution in [0.25, 0.3) is 0 Å². The van der Waals surface area contributed by atoms with E-state index in [0.717, 1.165) is 6.42 Å². The zero-order valence-electron chi connectivity index (χ0n) is 14.0. The molecular weight excluding hydrogens is 350 g/mol. The molecule has 3 rings (SSSR count). The van der Waals surface area contributed by atoms with Gasteiger partial charge in [-0.25, -0.2) is 0 Å². The maximum absolute atomic E-state index is 10.9. The molecular formula is C19H19N3O3S. The number of nitrogen functional groups attached to an aromatic ring is 1. The minimum absolute atomic E-state index is 0.174. The average molecular weight is 369 g/mol. The van der Waals surface area contributed by atoms with Crippen LogP contribution in [0.1, 0.15) is 16.0 Å². The summed E-state index contributed by atoms with van der Waals surface area (Å²) in [4.78, 5) is 16.1. The molecule has 0 radical (unpaired) electrons. The van der Waals surface area contributed by atoms with E-state index in [1.54, 1.807) is 29.5 Å². The number of carbonyl (C=O) groups is 1. The molecule has 0 aliphatic heterocycles. The number of aliphatic carboxylic acids is 1. The summed E-state index contributed by atoms with van der Waals surface area (Å²) in [5, 5.41) is 8.89. The highest BCUT2D eigenvalue weighted by Crippen LogP contribution is 2.26. The van der Waals surface area contributed by atoms with Crippen LogP contribution in [-0.2, 0) is 17.6 Å². The summed E-state index contributed by atoms with van der Waals surface area (Å²) >= 11 is 1.63. The van der Waals surface area contributed by atoms with E-state index in [9.17, 15) is 4.79 Å². The number of carboxylic acids is 1. The average Bonchev–Trinajstić information content (AvgIpc) is 3.12. The molecule has 0 saturated carbocycles. The molecule has 1 atom stereocenters. The van der Waals surface area contributed by atoms with Gasteiger partial charge in [0.15, 0.2) is 0 Å². The molecule has 26 heavy (non-hydrogen) atoms. The van der Waals surface area contributed by atoms with Crippen LogP contribution >= 0.6 is 11.3 Å². The van der Waals surface area contributed by atoms with Crippen molar-refractivity contribution in [3.63, 3.8) is 0 Å². The van der Waals surface area contributed by atoms with Crippen molar-refractivity contribution < 1.29 is 14.6 Å². The number of nitrogens with zero attached hydrogens (tertiary/aromatic N) is 1. The lowest BCUT2D eigenvalue weighted by molar-refractivity contribution is -0.138. The number of ether oxygens (including phenoxy) is 1. The van der Waals surface area contributed by atoms with Crippen LogP contribution < -0.4 is 16.2 Å². The van der Waals surface area contributed by atoms with Gasteiger partial charge in [-0.2, -0.15) is 0 Å². The Labute approximate surface area is 155 Å². The summed E-state index contributed by atoms with van der Waals surface area (Å²) in [6, 6.07) is 12.0. The zero-order chi connectivity index (χ0) is 18.5. The molecule has 2 aromatic carbocycles. The summed E-state index contributed by atoms with van der Waals surface area (Å²) in [6.45, 7) is 0. The number of aromatic nitrogens is 1. The van der Waals surface area contributed by atoms with Crippen molar-refractivity contribution in [2.24, 2.45) is 5.73 Å². The first kappa shape index (κ1) is 17.9. The predicted molar refractivity (Wildman–Crippen MR) is 102 cm³/mol. The minimum Gasteiger partial charge on any atom is -0.480 e. The smallest absolute Gasteiger partial charge is 0.320 e. The summed E-state index contributed by atoms with van der Waals surface area (Å²) < 4.78 is 5.82. The van der Waals surface area contributed by atoms with E-state index in [0.29, 0.717) is 22.7 Å². The summed E-state index contributed by atoms with van der Waals surface area (Å²) in [7, 11) is 0. The SMILES string of the molecule is Nc1cc(Oc2ccc(Cc3cncs3)cc2)ccc1CC(N)C(=O)O. The summed E-state index contributed by atoms with van der Waals surface area (Å²) in [5.74, 6) is 0.237. The minimum atomic E-state index is -1.05. The Bertz CT molecular complexity index is 880. The lowest BCUT2D eigenvalue weighted by Crippen LogP contribution is -2.32. The Morgan fingerprint density at radius 1 is 1.19 bits per heavy atom.